The minimum Gasteiger partial charge on any atom is -0.493 e. The van der Waals surface area contributed by atoms with Crippen molar-refractivity contribution in [3.05, 3.63) is 53.6 Å². The zero-order chi connectivity index (χ0) is 35.4. The lowest BCUT2D eigenvalue weighted by atomic mass is 9.55. The summed E-state index contributed by atoms with van der Waals surface area (Å²) >= 11 is 0. The average molecular weight is 670 g/mol. The molecule has 1 aliphatic rings. The third-order valence-corrected chi connectivity index (χ3v) is 7.76. The van der Waals surface area contributed by atoms with Gasteiger partial charge in [0.05, 0.1) is 56.7 Å². The normalized spacial score (nSPS) is 18.2. The maximum atomic E-state index is 13.1. The van der Waals surface area contributed by atoms with Crippen LogP contribution in [-0.4, -0.2) is 80.4 Å². The molecule has 2 amide bonds. The molecule has 2 aromatic carbocycles. The van der Waals surface area contributed by atoms with Crippen LogP contribution in [0.5, 0.6) is 11.5 Å². The molecule has 15 nitrogen and oxygen atoms in total. The molecule has 48 heavy (non-hydrogen) atoms. The molecule has 4 unspecified atom stereocenters. The average Bonchev–Trinajstić information content (AvgIpc) is 3.03. The van der Waals surface area contributed by atoms with Crippen LogP contribution in [0.4, 0.5) is 11.4 Å². The molecule has 4 atom stereocenters. The fourth-order valence-corrected chi connectivity index (χ4v) is 5.38. The minimum absolute atomic E-state index is 0.0362. The van der Waals surface area contributed by atoms with Crippen LogP contribution in [0.2, 0.25) is 0 Å². The fraction of sp³-hybridized carbons (Fsp3) is 0.394. The molecule has 0 bridgehead atoms. The molecule has 0 heterocycles. The first-order chi connectivity index (χ1) is 22.9. The zero-order valence-corrected chi connectivity index (χ0v) is 26.7. The number of nitrogen functional groups attached to an aromatic ring is 1. The van der Waals surface area contributed by atoms with Crippen LogP contribution >= 0.6 is 0 Å². The number of anilines is 2. The van der Waals surface area contributed by atoms with Crippen molar-refractivity contribution in [2.24, 2.45) is 23.7 Å². The summed E-state index contributed by atoms with van der Waals surface area (Å²) in [7, 11) is 4.07. The molecular weight excluding hydrogens is 630 g/mol. The summed E-state index contributed by atoms with van der Waals surface area (Å²) in [6, 6.07) is 9.25. The van der Waals surface area contributed by atoms with Gasteiger partial charge in [-0.2, -0.15) is 0 Å². The Morgan fingerprint density at radius 2 is 1.46 bits per heavy atom. The maximum Gasteiger partial charge on any atom is 0.338 e. The molecule has 258 valence electrons. The predicted molar refractivity (Wildman–Crippen MR) is 171 cm³/mol. The molecule has 6 N–H and O–H groups in total. The molecule has 0 aliphatic heterocycles. The van der Waals surface area contributed by atoms with Gasteiger partial charge in [-0.1, -0.05) is 6.07 Å². The number of amides is 2. The van der Waals surface area contributed by atoms with E-state index in [1.807, 2.05) is 0 Å². The highest BCUT2D eigenvalue weighted by molar-refractivity contribution is 6.04. The summed E-state index contributed by atoms with van der Waals surface area (Å²) in [6.07, 6.45) is 5.77. The third-order valence-electron chi connectivity index (χ3n) is 7.76. The summed E-state index contributed by atoms with van der Waals surface area (Å²) in [5.74, 6) is -10.9. The van der Waals surface area contributed by atoms with Gasteiger partial charge in [0.25, 0.3) is 0 Å². The quantitative estimate of drug-likeness (QED) is 0.0707. The van der Waals surface area contributed by atoms with Crippen molar-refractivity contribution in [2.75, 3.05) is 45.5 Å². The Hall–Kier alpha value is -5.60. The fourth-order valence-electron chi connectivity index (χ4n) is 5.38. The number of carboxylic acids is 2. The van der Waals surface area contributed by atoms with E-state index in [2.05, 4.69) is 15.4 Å². The zero-order valence-electron chi connectivity index (χ0n) is 26.7. The number of unbranched alkanes of at least 4 members (excludes halogenated alkanes) is 3. The summed E-state index contributed by atoms with van der Waals surface area (Å²) in [6.45, 7) is 0.553. The maximum absolute atomic E-state index is 13.1. The SMILES string of the molecule is CNC(=O)C1C(C(=O)O)C(C(=O)O)C1C(=O)Nc1cc(N)cc(C(=O)OCCCCCCOc2ccc(/C=C/C(=O)OC)cc2OC)c1. The number of carbonyl (C=O) groups excluding carboxylic acids is 4. The number of methoxy groups -OCH3 is 2. The summed E-state index contributed by atoms with van der Waals surface area (Å²) < 4.78 is 21.1. The lowest BCUT2D eigenvalue weighted by molar-refractivity contribution is -0.180. The van der Waals surface area contributed by atoms with Crippen molar-refractivity contribution in [1.82, 2.24) is 5.32 Å². The van der Waals surface area contributed by atoms with Crippen molar-refractivity contribution < 1.29 is 57.9 Å². The smallest absolute Gasteiger partial charge is 0.338 e. The second-order valence-corrected chi connectivity index (χ2v) is 10.9. The number of carboxylic acid groups (broad SMARTS) is 2. The van der Waals surface area contributed by atoms with Gasteiger partial charge in [-0.25, -0.2) is 9.59 Å². The monoisotopic (exact) mass is 669 g/mol. The van der Waals surface area contributed by atoms with E-state index in [1.165, 1.54) is 45.5 Å². The van der Waals surface area contributed by atoms with E-state index in [4.69, 9.17) is 19.9 Å². The number of rotatable bonds is 17. The van der Waals surface area contributed by atoms with Gasteiger partial charge in [0, 0.05) is 24.5 Å². The second-order valence-electron chi connectivity index (χ2n) is 10.9. The van der Waals surface area contributed by atoms with Gasteiger partial charge in [0.15, 0.2) is 11.5 Å². The molecule has 0 aromatic heterocycles. The highest BCUT2D eigenvalue weighted by atomic mass is 16.5. The Morgan fingerprint density at radius 1 is 0.812 bits per heavy atom. The number of hydrogen-bond donors (Lipinski definition) is 5. The molecule has 2 aromatic rings. The van der Waals surface area contributed by atoms with Crippen LogP contribution in [0.25, 0.3) is 6.08 Å². The Labute approximate surface area is 276 Å². The number of esters is 2. The first-order valence-electron chi connectivity index (χ1n) is 15.0. The van der Waals surface area contributed by atoms with Crippen molar-refractivity contribution in [1.29, 1.82) is 0 Å². The van der Waals surface area contributed by atoms with Gasteiger partial charge in [-0.05, 0) is 67.7 Å². The molecule has 15 heteroatoms. The van der Waals surface area contributed by atoms with Crippen LogP contribution < -0.4 is 25.8 Å². The summed E-state index contributed by atoms with van der Waals surface area (Å²) in [5, 5.41) is 23.8. The van der Waals surface area contributed by atoms with Crippen LogP contribution in [0.1, 0.15) is 41.6 Å². The van der Waals surface area contributed by atoms with Gasteiger partial charge < -0.3 is 45.5 Å². The van der Waals surface area contributed by atoms with Crippen LogP contribution in [0.15, 0.2) is 42.5 Å². The Morgan fingerprint density at radius 3 is 2.06 bits per heavy atom. The Balaban J connectivity index is 1.46. The van der Waals surface area contributed by atoms with Gasteiger partial charge >= 0.3 is 23.9 Å². The van der Waals surface area contributed by atoms with E-state index in [0.29, 0.717) is 24.5 Å². The molecule has 3 rings (SSSR count). The summed E-state index contributed by atoms with van der Waals surface area (Å²) in [4.78, 5) is 72.8. The first-order valence-corrected chi connectivity index (χ1v) is 15.0. The number of hydrogen-bond acceptors (Lipinski definition) is 11. The van der Waals surface area contributed by atoms with Crippen molar-refractivity contribution in [2.45, 2.75) is 25.7 Å². The molecule has 0 radical (unpaired) electrons. The van der Waals surface area contributed by atoms with Gasteiger partial charge in [-0.3, -0.25) is 19.2 Å². The largest absolute Gasteiger partial charge is 0.493 e. The van der Waals surface area contributed by atoms with Crippen LogP contribution in [0.3, 0.4) is 0 Å². The van der Waals surface area contributed by atoms with Gasteiger partial charge in [-0.15, -0.1) is 0 Å². The van der Waals surface area contributed by atoms with Gasteiger partial charge in [0.1, 0.15) is 0 Å². The topological polar surface area (TPSA) is 230 Å². The Kier molecular flexibility index (Phi) is 13.3. The van der Waals surface area contributed by atoms with E-state index in [0.717, 1.165) is 24.8 Å². The van der Waals surface area contributed by atoms with Crippen molar-refractivity contribution in [3.63, 3.8) is 0 Å². The molecular formula is C33H39N3O12. The first kappa shape index (κ1) is 36.9. The Bertz CT molecular complexity index is 1560. The van der Waals surface area contributed by atoms with Crippen molar-refractivity contribution in [3.8, 4) is 11.5 Å². The van der Waals surface area contributed by atoms with Crippen molar-refractivity contribution >= 4 is 53.1 Å². The highest BCUT2D eigenvalue weighted by Crippen LogP contribution is 2.47. The standard InChI is InChI=1S/C33H39N3O12/c1-35-29(38)25-26(28(32(42)43)27(25)31(40)41)30(39)36-21-16-19(15-20(34)17-21)33(44)48-13-7-5-4-6-12-47-22-10-8-18(14-23(22)45-2)9-11-24(37)46-3/h8-11,14-17,25-28H,4-7,12-13,34H2,1-3H3,(H,35,38)(H,36,39)(H,40,41)(H,42,43)/b11-9+. The molecule has 1 aliphatic carbocycles. The third kappa shape index (κ3) is 9.47. The number of ether oxygens (including phenoxy) is 4. The second kappa shape index (κ2) is 17.4. The van der Waals surface area contributed by atoms with E-state index in [1.54, 1.807) is 24.3 Å². The number of nitrogens with one attached hydrogen (secondary N) is 2. The lowest BCUT2D eigenvalue weighted by Crippen LogP contribution is -2.62. The molecule has 0 saturated heterocycles. The molecule has 0 spiro atoms. The minimum atomic E-state index is -1.63. The number of aliphatic carboxylic acids is 2. The molecule has 1 saturated carbocycles. The van der Waals surface area contributed by atoms with E-state index in [-0.39, 0.29) is 23.5 Å². The number of benzene rings is 2. The predicted octanol–water partition coefficient (Wildman–Crippen LogP) is 2.59. The van der Waals surface area contributed by atoms with E-state index in [9.17, 15) is 39.0 Å². The van der Waals surface area contributed by atoms with Crippen LogP contribution in [-0.2, 0) is 33.4 Å². The lowest BCUT2D eigenvalue weighted by Gasteiger charge is -2.45. The summed E-state index contributed by atoms with van der Waals surface area (Å²) in [5.41, 5.74) is 6.85. The highest BCUT2D eigenvalue weighted by Gasteiger charge is 2.63. The van der Waals surface area contributed by atoms with Crippen LogP contribution in [0, 0.1) is 23.7 Å². The molecule has 1 fully saturated rings. The van der Waals surface area contributed by atoms with E-state index < -0.39 is 59.4 Å². The van der Waals surface area contributed by atoms with Gasteiger partial charge in [0.2, 0.25) is 11.8 Å². The van der Waals surface area contributed by atoms with E-state index >= 15 is 0 Å². The number of nitrogens with two attached hydrogens (primary N) is 1. The number of carbonyl (C=O) groups is 6.